The number of esters is 1. The highest BCUT2D eigenvalue weighted by molar-refractivity contribution is 5.70. The molecule has 0 radical (unpaired) electrons. The van der Waals surface area contributed by atoms with Crippen LogP contribution < -0.4 is 5.73 Å². The lowest BCUT2D eigenvalue weighted by Gasteiger charge is -2.10. The lowest BCUT2D eigenvalue weighted by molar-refractivity contribution is -0.385. The van der Waals surface area contributed by atoms with Crippen LogP contribution in [0, 0.1) is 10.1 Å². The zero-order valence-corrected chi connectivity index (χ0v) is 8.75. The number of nitro benzene ring substituents is 1. The minimum Gasteiger partial charge on any atom is -0.469 e. The molecule has 1 aromatic carbocycles. The van der Waals surface area contributed by atoms with Gasteiger partial charge in [0.2, 0.25) is 0 Å². The number of nitrogens with two attached hydrogens (primary N) is 1. The van der Waals surface area contributed by atoms with Crippen molar-refractivity contribution >= 4 is 11.7 Å². The van der Waals surface area contributed by atoms with Crippen LogP contribution in [0.4, 0.5) is 5.69 Å². The summed E-state index contributed by atoms with van der Waals surface area (Å²) in [5.41, 5.74) is 5.95. The second-order valence-electron chi connectivity index (χ2n) is 3.20. The topological polar surface area (TPSA) is 95.5 Å². The van der Waals surface area contributed by atoms with Crippen LogP contribution in [0.15, 0.2) is 24.3 Å². The predicted molar refractivity (Wildman–Crippen MR) is 56.7 cm³/mol. The van der Waals surface area contributed by atoms with Crippen LogP contribution in [0.25, 0.3) is 0 Å². The molecule has 1 rings (SSSR count). The number of hydrogen-bond donors (Lipinski definition) is 1. The number of nitrogens with zero attached hydrogens (tertiary/aromatic N) is 1. The van der Waals surface area contributed by atoms with Gasteiger partial charge in [-0.15, -0.1) is 0 Å². The fourth-order valence-corrected chi connectivity index (χ4v) is 1.34. The summed E-state index contributed by atoms with van der Waals surface area (Å²) in [6.07, 6.45) is -0.0820. The van der Waals surface area contributed by atoms with E-state index in [0.717, 1.165) is 0 Å². The van der Waals surface area contributed by atoms with E-state index in [0.29, 0.717) is 5.56 Å². The number of ether oxygens (including phenoxy) is 1. The van der Waals surface area contributed by atoms with E-state index in [4.69, 9.17) is 5.73 Å². The Balaban J connectivity index is 2.94. The average molecular weight is 224 g/mol. The van der Waals surface area contributed by atoms with Crippen molar-refractivity contribution in [1.29, 1.82) is 0 Å². The van der Waals surface area contributed by atoms with E-state index in [2.05, 4.69) is 4.74 Å². The highest BCUT2D eigenvalue weighted by atomic mass is 16.6. The third kappa shape index (κ3) is 2.77. The van der Waals surface area contributed by atoms with E-state index in [1.54, 1.807) is 12.1 Å². The smallest absolute Gasteiger partial charge is 0.307 e. The standard InChI is InChI=1S/C10H12N2O4/c1-16-10(13)6-8(11)7-4-2-3-5-9(7)12(14)15/h2-5,8H,6,11H2,1H3/t8-/m0/s1. The molecule has 0 amide bonds. The van der Waals surface area contributed by atoms with Gasteiger partial charge in [-0.25, -0.2) is 0 Å². The minimum absolute atomic E-state index is 0.0820. The largest absolute Gasteiger partial charge is 0.469 e. The number of carbonyl (C=O) groups is 1. The number of methoxy groups -OCH3 is 1. The molecule has 6 nitrogen and oxygen atoms in total. The fraction of sp³-hybridized carbons (Fsp3) is 0.300. The molecule has 16 heavy (non-hydrogen) atoms. The van der Waals surface area contributed by atoms with E-state index in [9.17, 15) is 14.9 Å². The van der Waals surface area contributed by atoms with Crippen LogP contribution in [0.5, 0.6) is 0 Å². The molecule has 0 aliphatic heterocycles. The number of nitro groups is 1. The molecule has 0 aliphatic rings. The zero-order valence-electron chi connectivity index (χ0n) is 8.75. The van der Waals surface area contributed by atoms with Crippen LogP contribution in [0.2, 0.25) is 0 Å². The van der Waals surface area contributed by atoms with Gasteiger partial charge in [0, 0.05) is 17.7 Å². The van der Waals surface area contributed by atoms with E-state index in [1.807, 2.05) is 0 Å². The highest BCUT2D eigenvalue weighted by Crippen LogP contribution is 2.25. The van der Waals surface area contributed by atoms with Gasteiger partial charge in [-0.1, -0.05) is 18.2 Å². The third-order valence-corrected chi connectivity index (χ3v) is 2.15. The Kier molecular flexibility index (Phi) is 3.96. The molecule has 1 aromatic rings. The highest BCUT2D eigenvalue weighted by Gasteiger charge is 2.20. The monoisotopic (exact) mass is 224 g/mol. The zero-order chi connectivity index (χ0) is 12.1. The quantitative estimate of drug-likeness (QED) is 0.470. The van der Waals surface area contributed by atoms with Gasteiger partial charge in [0.15, 0.2) is 0 Å². The van der Waals surface area contributed by atoms with Crippen molar-refractivity contribution in [2.45, 2.75) is 12.5 Å². The molecule has 0 aromatic heterocycles. The number of benzene rings is 1. The molecular formula is C10H12N2O4. The SMILES string of the molecule is COC(=O)C[C@H](N)c1ccccc1[N+](=O)[O-]. The molecule has 0 unspecified atom stereocenters. The number of para-hydroxylation sites is 1. The van der Waals surface area contributed by atoms with Crippen molar-refractivity contribution < 1.29 is 14.5 Å². The van der Waals surface area contributed by atoms with E-state index >= 15 is 0 Å². The molecule has 86 valence electrons. The molecule has 0 fully saturated rings. The van der Waals surface area contributed by atoms with E-state index < -0.39 is 16.9 Å². The van der Waals surface area contributed by atoms with Crippen LogP contribution >= 0.6 is 0 Å². The van der Waals surface area contributed by atoms with Crippen molar-refractivity contribution in [3.05, 3.63) is 39.9 Å². The van der Waals surface area contributed by atoms with E-state index in [1.165, 1.54) is 19.2 Å². The Morgan fingerprint density at radius 2 is 2.19 bits per heavy atom. The van der Waals surface area contributed by atoms with Gasteiger partial charge >= 0.3 is 5.97 Å². The van der Waals surface area contributed by atoms with Crippen LogP contribution in [0.1, 0.15) is 18.0 Å². The molecule has 0 aliphatic carbocycles. The Bertz CT molecular complexity index is 406. The van der Waals surface area contributed by atoms with Crippen LogP contribution in [-0.4, -0.2) is 18.0 Å². The minimum atomic E-state index is -0.728. The molecule has 1 atom stereocenters. The summed E-state index contributed by atoms with van der Waals surface area (Å²) in [6.45, 7) is 0. The van der Waals surface area contributed by atoms with Gasteiger partial charge in [-0.2, -0.15) is 0 Å². The molecule has 0 heterocycles. The first-order valence-electron chi connectivity index (χ1n) is 4.62. The van der Waals surface area contributed by atoms with Crippen molar-refractivity contribution in [2.75, 3.05) is 7.11 Å². The summed E-state index contributed by atoms with van der Waals surface area (Å²) in [5, 5.41) is 10.7. The predicted octanol–water partition coefficient (Wildman–Crippen LogP) is 1.16. The molecule has 0 bridgehead atoms. The van der Waals surface area contributed by atoms with Gasteiger partial charge in [-0.05, 0) is 0 Å². The Hall–Kier alpha value is -1.95. The Morgan fingerprint density at radius 1 is 1.56 bits per heavy atom. The van der Waals surface area contributed by atoms with Gasteiger partial charge in [0.05, 0.1) is 18.5 Å². The summed E-state index contributed by atoms with van der Waals surface area (Å²) >= 11 is 0. The molecule has 6 heteroatoms. The summed E-state index contributed by atoms with van der Waals surface area (Å²) in [6, 6.07) is 5.35. The third-order valence-electron chi connectivity index (χ3n) is 2.15. The Morgan fingerprint density at radius 3 is 2.75 bits per heavy atom. The molecule has 0 saturated carbocycles. The van der Waals surface area contributed by atoms with Gasteiger partial charge < -0.3 is 10.5 Å². The number of carbonyl (C=O) groups excluding carboxylic acids is 1. The molecule has 0 saturated heterocycles. The molecule has 0 spiro atoms. The lowest BCUT2D eigenvalue weighted by atomic mass is 10.0. The normalized spacial score (nSPS) is 11.9. The maximum Gasteiger partial charge on any atom is 0.307 e. The molecular weight excluding hydrogens is 212 g/mol. The first-order valence-corrected chi connectivity index (χ1v) is 4.62. The fourth-order valence-electron chi connectivity index (χ4n) is 1.34. The summed E-state index contributed by atoms with van der Waals surface area (Å²) < 4.78 is 4.45. The van der Waals surface area contributed by atoms with Crippen LogP contribution in [-0.2, 0) is 9.53 Å². The first kappa shape index (κ1) is 12.1. The van der Waals surface area contributed by atoms with Crippen molar-refractivity contribution in [1.82, 2.24) is 0 Å². The van der Waals surface area contributed by atoms with Crippen molar-refractivity contribution in [3.63, 3.8) is 0 Å². The lowest BCUT2D eigenvalue weighted by Crippen LogP contribution is -2.17. The van der Waals surface area contributed by atoms with Gasteiger partial charge in [-0.3, -0.25) is 14.9 Å². The maximum atomic E-state index is 11.0. The van der Waals surface area contributed by atoms with Crippen molar-refractivity contribution in [2.24, 2.45) is 5.73 Å². The second kappa shape index (κ2) is 5.22. The molecule has 2 N–H and O–H groups in total. The van der Waals surface area contributed by atoms with Gasteiger partial charge in [0.25, 0.3) is 5.69 Å². The summed E-state index contributed by atoms with van der Waals surface area (Å²) in [7, 11) is 1.24. The first-order chi connectivity index (χ1) is 7.56. The maximum absolute atomic E-state index is 11.0. The van der Waals surface area contributed by atoms with Crippen LogP contribution in [0.3, 0.4) is 0 Å². The van der Waals surface area contributed by atoms with Crippen molar-refractivity contribution in [3.8, 4) is 0 Å². The van der Waals surface area contributed by atoms with E-state index in [-0.39, 0.29) is 12.1 Å². The average Bonchev–Trinajstić information content (AvgIpc) is 2.28. The van der Waals surface area contributed by atoms with Gasteiger partial charge in [0.1, 0.15) is 0 Å². The summed E-state index contributed by atoms with van der Waals surface area (Å²) in [5.74, 6) is -0.495. The second-order valence-corrected chi connectivity index (χ2v) is 3.20. The number of rotatable bonds is 4. The Labute approximate surface area is 92.2 Å². The number of hydrogen-bond acceptors (Lipinski definition) is 5. The summed E-state index contributed by atoms with van der Waals surface area (Å²) in [4.78, 5) is 21.2.